The Kier molecular flexibility index (Phi) is 5.16. The van der Waals surface area contributed by atoms with E-state index in [2.05, 4.69) is 46.4 Å². The van der Waals surface area contributed by atoms with E-state index >= 15 is 0 Å². The highest BCUT2D eigenvalue weighted by Gasteiger charge is 2.30. The topological polar surface area (TPSA) is 71.3 Å². The quantitative estimate of drug-likeness (QED) is 0.675. The minimum absolute atomic E-state index is 0.0518. The maximum Gasteiger partial charge on any atom is 0.231 e. The highest BCUT2D eigenvalue weighted by Crippen LogP contribution is 2.34. The fourth-order valence-electron chi connectivity index (χ4n) is 5.11. The molecule has 3 aromatic rings. The van der Waals surface area contributed by atoms with Gasteiger partial charge in [-0.2, -0.15) is 4.98 Å². The van der Waals surface area contributed by atoms with Gasteiger partial charge in [0.2, 0.25) is 11.6 Å². The lowest BCUT2D eigenvalue weighted by molar-refractivity contribution is -0.126. The summed E-state index contributed by atoms with van der Waals surface area (Å²) in [4.78, 5) is 24.6. The van der Waals surface area contributed by atoms with Gasteiger partial charge in [-0.1, -0.05) is 24.3 Å². The molecule has 31 heavy (non-hydrogen) atoms. The third-order valence-electron chi connectivity index (χ3n) is 6.97. The standard InChI is InChI=1S/C25H30N4O2/c1-15-16(2)31-25-22(15)23(26-17(3)27-25)29-13-11-19(12-14-29)24(30)28-21-10-6-8-18-7-4-5-9-20(18)21/h4-5,7,9,19,21H,6,8,10-14H2,1-3H3,(H,28,30)/t21-/m1/s1. The molecule has 162 valence electrons. The van der Waals surface area contributed by atoms with Crippen LogP contribution in [0.15, 0.2) is 28.7 Å². The Balaban J connectivity index is 1.28. The lowest BCUT2D eigenvalue weighted by atomic mass is 9.87. The molecular formula is C25H30N4O2. The molecular weight excluding hydrogens is 388 g/mol. The number of amides is 1. The zero-order valence-corrected chi connectivity index (χ0v) is 18.6. The Morgan fingerprint density at radius 1 is 1.10 bits per heavy atom. The predicted octanol–water partition coefficient (Wildman–Crippen LogP) is 4.56. The summed E-state index contributed by atoms with van der Waals surface area (Å²) in [6.07, 6.45) is 4.94. The molecule has 0 radical (unpaired) electrons. The van der Waals surface area contributed by atoms with Crippen LogP contribution in [0, 0.1) is 26.7 Å². The van der Waals surface area contributed by atoms with Crippen molar-refractivity contribution in [2.75, 3.05) is 18.0 Å². The number of aryl methyl sites for hydroxylation is 4. The van der Waals surface area contributed by atoms with E-state index in [4.69, 9.17) is 9.40 Å². The van der Waals surface area contributed by atoms with E-state index in [9.17, 15) is 4.79 Å². The molecule has 1 fully saturated rings. The fraction of sp³-hybridized carbons (Fsp3) is 0.480. The molecule has 0 bridgehead atoms. The molecule has 2 aliphatic rings. The fourth-order valence-corrected chi connectivity index (χ4v) is 5.11. The molecule has 5 rings (SSSR count). The van der Waals surface area contributed by atoms with Crippen molar-refractivity contribution >= 4 is 22.8 Å². The van der Waals surface area contributed by atoms with E-state index in [1.165, 1.54) is 11.1 Å². The first-order chi connectivity index (χ1) is 15.0. The third kappa shape index (κ3) is 3.68. The summed E-state index contributed by atoms with van der Waals surface area (Å²) in [5.41, 5.74) is 4.43. The average molecular weight is 419 g/mol. The zero-order valence-electron chi connectivity index (χ0n) is 18.6. The van der Waals surface area contributed by atoms with Crippen LogP contribution in [0.5, 0.6) is 0 Å². The summed E-state index contributed by atoms with van der Waals surface area (Å²) in [6, 6.07) is 8.67. The number of carbonyl (C=O) groups is 1. The van der Waals surface area contributed by atoms with Crippen LogP contribution in [0.2, 0.25) is 0 Å². The van der Waals surface area contributed by atoms with Crippen molar-refractivity contribution in [3.8, 4) is 0 Å². The number of hydrogen-bond acceptors (Lipinski definition) is 5. The normalized spacial score (nSPS) is 19.5. The molecule has 1 atom stereocenters. The first kappa shape index (κ1) is 20.0. The Bertz CT molecular complexity index is 1130. The lowest BCUT2D eigenvalue weighted by Gasteiger charge is -2.34. The van der Waals surface area contributed by atoms with Gasteiger partial charge in [0.05, 0.1) is 11.4 Å². The van der Waals surface area contributed by atoms with Gasteiger partial charge in [0.25, 0.3) is 0 Å². The van der Waals surface area contributed by atoms with Crippen LogP contribution in [0.1, 0.15) is 60.0 Å². The Morgan fingerprint density at radius 2 is 1.87 bits per heavy atom. The lowest BCUT2D eigenvalue weighted by Crippen LogP contribution is -2.42. The number of aromatic nitrogens is 2. The summed E-state index contributed by atoms with van der Waals surface area (Å²) in [5, 5.41) is 4.36. The maximum absolute atomic E-state index is 13.1. The molecule has 1 amide bonds. The molecule has 0 saturated carbocycles. The molecule has 1 aliphatic carbocycles. The summed E-state index contributed by atoms with van der Waals surface area (Å²) in [6.45, 7) is 7.56. The minimum atomic E-state index is 0.0518. The smallest absolute Gasteiger partial charge is 0.231 e. The van der Waals surface area contributed by atoms with Gasteiger partial charge in [0, 0.05) is 24.6 Å². The second kappa shape index (κ2) is 7.98. The van der Waals surface area contributed by atoms with Gasteiger partial charge in [0.15, 0.2) is 0 Å². The Labute approximate surface area is 183 Å². The number of piperidine rings is 1. The number of furan rings is 1. The van der Waals surface area contributed by atoms with E-state index in [-0.39, 0.29) is 17.9 Å². The summed E-state index contributed by atoms with van der Waals surface area (Å²) in [7, 11) is 0. The number of benzene rings is 1. The highest BCUT2D eigenvalue weighted by molar-refractivity contribution is 5.90. The molecule has 1 aromatic carbocycles. The molecule has 3 heterocycles. The van der Waals surface area contributed by atoms with E-state index in [1.807, 2.05) is 13.8 Å². The number of hydrogen-bond donors (Lipinski definition) is 1. The van der Waals surface area contributed by atoms with Crippen molar-refractivity contribution < 1.29 is 9.21 Å². The van der Waals surface area contributed by atoms with Gasteiger partial charge < -0.3 is 14.6 Å². The summed E-state index contributed by atoms with van der Waals surface area (Å²) >= 11 is 0. The van der Waals surface area contributed by atoms with Crippen molar-refractivity contribution in [2.45, 2.75) is 58.9 Å². The second-order valence-electron chi connectivity index (χ2n) is 8.97. The zero-order chi connectivity index (χ0) is 21.5. The van der Waals surface area contributed by atoms with Gasteiger partial charge in [0.1, 0.15) is 17.4 Å². The van der Waals surface area contributed by atoms with Crippen molar-refractivity contribution in [3.05, 3.63) is 52.5 Å². The third-order valence-corrected chi connectivity index (χ3v) is 6.97. The molecule has 2 aromatic heterocycles. The number of anilines is 1. The van der Waals surface area contributed by atoms with Gasteiger partial charge in [-0.15, -0.1) is 0 Å². The second-order valence-corrected chi connectivity index (χ2v) is 8.97. The van der Waals surface area contributed by atoms with Crippen molar-refractivity contribution in [3.63, 3.8) is 0 Å². The van der Waals surface area contributed by atoms with Crippen molar-refractivity contribution in [2.24, 2.45) is 5.92 Å². The predicted molar refractivity (Wildman–Crippen MR) is 121 cm³/mol. The average Bonchev–Trinajstić information content (AvgIpc) is 3.06. The minimum Gasteiger partial charge on any atom is -0.443 e. The van der Waals surface area contributed by atoms with Gasteiger partial charge in [-0.3, -0.25) is 4.79 Å². The number of fused-ring (bicyclic) bond motifs is 2. The van der Waals surface area contributed by atoms with Crippen molar-refractivity contribution in [1.82, 2.24) is 15.3 Å². The van der Waals surface area contributed by atoms with Crippen LogP contribution in [-0.2, 0) is 11.2 Å². The van der Waals surface area contributed by atoms with Crippen LogP contribution in [0.4, 0.5) is 5.82 Å². The van der Waals surface area contributed by atoms with E-state index < -0.39 is 0 Å². The van der Waals surface area contributed by atoms with E-state index in [1.54, 1.807) is 0 Å². The molecule has 1 saturated heterocycles. The molecule has 6 heteroatoms. The van der Waals surface area contributed by atoms with Crippen LogP contribution >= 0.6 is 0 Å². The monoisotopic (exact) mass is 418 g/mol. The van der Waals surface area contributed by atoms with Crippen LogP contribution < -0.4 is 10.2 Å². The molecule has 1 aliphatic heterocycles. The SMILES string of the molecule is Cc1nc(N2CCC(C(=O)N[C@@H]3CCCc4ccccc43)CC2)c2c(C)c(C)oc2n1. The van der Waals surface area contributed by atoms with E-state index in [0.717, 1.165) is 67.7 Å². The Hall–Kier alpha value is -2.89. The summed E-state index contributed by atoms with van der Waals surface area (Å²) in [5.74, 6) is 2.79. The first-order valence-corrected chi connectivity index (χ1v) is 11.4. The summed E-state index contributed by atoms with van der Waals surface area (Å²) < 4.78 is 5.84. The van der Waals surface area contributed by atoms with Crippen LogP contribution in [0.3, 0.4) is 0 Å². The number of nitrogens with zero attached hydrogens (tertiary/aromatic N) is 3. The number of rotatable bonds is 3. The van der Waals surface area contributed by atoms with Crippen LogP contribution in [-0.4, -0.2) is 29.0 Å². The molecule has 0 spiro atoms. The van der Waals surface area contributed by atoms with Crippen LogP contribution in [0.25, 0.3) is 11.1 Å². The van der Waals surface area contributed by atoms with Crippen molar-refractivity contribution in [1.29, 1.82) is 0 Å². The molecule has 1 N–H and O–H groups in total. The maximum atomic E-state index is 13.1. The molecule has 0 unspecified atom stereocenters. The number of carbonyl (C=O) groups excluding carboxylic acids is 1. The Morgan fingerprint density at radius 3 is 2.68 bits per heavy atom. The van der Waals surface area contributed by atoms with Gasteiger partial charge >= 0.3 is 0 Å². The van der Waals surface area contributed by atoms with E-state index in [0.29, 0.717) is 11.5 Å². The van der Waals surface area contributed by atoms with Gasteiger partial charge in [-0.05, 0) is 64.0 Å². The number of nitrogens with one attached hydrogen (secondary N) is 1. The van der Waals surface area contributed by atoms with Gasteiger partial charge in [-0.25, -0.2) is 4.98 Å². The largest absolute Gasteiger partial charge is 0.443 e. The highest BCUT2D eigenvalue weighted by atomic mass is 16.3. The molecule has 6 nitrogen and oxygen atoms in total. The first-order valence-electron chi connectivity index (χ1n) is 11.4.